The van der Waals surface area contributed by atoms with Gasteiger partial charge in [0.05, 0.1) is 10.6 Å². The molecule has 1 saturated heterocycles. The van der Waals surface area contributed by atoms with E-state index >= 15 is 0 Å². The second-order valence-electron chi connectivity index (χ2n) is 6.21. The highest BCUT2D eigenvalue weighted by atomic mass is 35.5. The van der Waals surface area contributed by atoms with Crippen LogP contribution in [0.4, 0.5) is 0 Å². The van der Waals surface area contributed by atoms with Crippen LogP contribution in [0, 0.1) is 0 Å². The number of rotatable bonds is 4. The standard InChI is InChI=1S/C20H19Cl2NO3/c21-15-9-10-17(22)16(13-15)20(25)26-18(14-7-3-1-4-8-14)19(24)23-11-5-2-6-12-23/h1,3-4,7-10,13,18H,2,5-6,11-12H2/t18-/m0/s1. The van der Waals surface area contributed by atoms with Gasteiger partial charge in [-0.2, -0.15) is 0 Å². The Morgan fingerprint density at radius 2 is 1.65 bits per heavy atom. The Bertz CT molecular complexity index is 789. The second-order valence-corrected chi connectivity index (χ2v) is 7.05. The number of carbonyl (C=O) groups excluding carboxylic acids is 2. The molecule has 0 spiro atoms. The van der Waals surface area contributed by atoms with Crippen LogP contribution in [0.1, 0.15) is 41.3 Å². The van der Waals surface area contributed by atoms with Gasteiger partial charge in [-0.25, -0.2) is 4.79 Å². The van der Waals surface area contributed by atoms with E-state index in [2.05, 4.69) is 0 Å². The summed E-state index contributed by atoms with van der Waals surface area (Å²) in [6.07, 6.45) is 2.03. The predicted octanol–water partition coefficient (Wildman–Crippen LogP) is 4.90. The lowest BCUT2D eigenvalue weighted by Gasteiger charge is -2.30. The third-order valence-corrected chi connectivity index (χ3v) is 4.93. The topological polar surface area (TPSA) is 46.6 Å². The van der Waals surface area contributed by atoms with Gasteiger partial charge in [-0.3, -0.25) is 4.79 Å². The van der Waals surface area contributed by atoms with Gasteiger partial charge >= 0.3 is 5.97 Å². The Labute approximate surface area is 162 Å². The summed E-state index contributed by atoms with van der Waals surface area (Å²) >= 11 is 12.1. The molecule has 1 atom stereocenters. The number of halogens is 2. The van der Waals surface area contributed by atoms with Crippen LogP contribution in [0.5, 0.6) is 0 Å². The van der Waals surface area contributed by atoms with Gasteiger partial charge in [-0.15, -0.1) is 0 Å². The Morgan fingerprint density at radius 1 is 0.962 bits per heavy atom. The zero-order chi connectivity index (χ0) is 18.5. The lowest BCUT2D eigenvalue weighted by Crippen LogP contribution is -2.40. The molecule has 1 aliphatic rings. The van der Waals surface area contributed by atoms with Crippen molar-refractivity contribution >= 4 is 35.1 Å². The fourth-order valence-electron chi connectivity index (χ4n) is 2.99. The molecular weight excluding hydrogens is 373 g/mol. The van der Waals surface area contributed by atoms with Gasteiger partial charge in [-0.05, 0) is 37.5 Å². The van der Waals surface area contributed by atoms with Crippen molar-refractivity contribution in [3.63, 3.8) is 0 Å². The molecule has 1 amide bonds. The summed E-state index contributed by atoms with van der Waals surface area (Å²) in [6, 6.07) is 13.6. The largest absolute Gasteiger partial charge is 0.444 e. The first-order valence-electron chi connectivity index (χ1n) is 8.56. The van der Waals surface area contributed by atoms with Crippen molar-refractivity contribution in [1.82, 2.24) is 4.90 Å². The maximum absolute atomic E-state index is 13.0. The van der Waals surface area contributed by atoms with Crippen LogP contribution in [0.2, 0.25) is 10.0 Å². The third-order valence-electron chi connectivity index (χ3n) is 4.37. The molecule has 6 heteroatoms. The van der Waals surface area contributed by atoms with E-state index in [1.54, 1.807) is 23.1 Å². The number of carbonyl (C=O) groups is 2. The summed E-state index contributed by atoms with van der Waals surface area (Å²) in [5.41, 5.74) is 0.779. The Kier molecular flexibility index (Phi) is 6.17. The van der Waals surface area contributed by atoms with Crippen molar-refractivity contribution in [2.75, 3.05) is 13.1 Å². The molecule has 0 unspecified atom stereocenters. The number of likely N-dealkylation sites (tertiary alicyclic amines) is 1. The quantitative estimate of drug-likeness (QED) is 0.695. The van der Waals surface area contributed by atoms with E-state index < -0.39 is 12.1 Å². The van der Waals surface area contributed by atoms with Gasteiger partial charge in [0.2, 0.25) is 6.10 Å². The van der Waals surface area contributed by atoms with E-state index in [-0.39, 0.29) is 16.5 Å². The average molecular weight is 392 g/mol. The fourth-order valence-corrected chi connectivity index (χ4v) is 3.36. The van der Waals surface area contributed by atoms with E-state index in [0.29, 0.717) is 23.7 Å². The van der Waals surface area contributed by atoms with Gasteiger partial charge in [-0.1, -0.05) is 53.5 Å². The second kappa shape index (κ2) is 8.56. The SMILES string of the molecule is O=C(O[C@H](C(=O)N1CCCCC1)c1ccccc1)c1cc(Cl)ccc1Cl. The smallest absolute Gasteiger partial charge is 0.340 e. The minimum Gasteiger partial charge on any atom is -0.444 e. The van der Waals surface area contributed by atoms with Crippen molar-refractivity contribution < 1.29 is 14.3 Å². The summed E-state index contributed by atoms with van der Waals surface area (Å²) in [6.45, 7) is 1.36. The molecule has 4 nitrogen and oxygen atoms in total. The molecular formula is C20H19Cl2NO3. The molecule has 3 rings (SSSR count). The van der Waals surface area contributed by atoms with E-state index in [4.69, 9.17) is 27.9 Å². The number of hydrogen-bond donors (Lipinski definition) is 0. The summed E-state index contributed by atoms with van der Waals surface area (Å²) in [7, 11) is 0. The number of benzene rings is 2. The van der Waals surface area contributed by atoms with Gasteiger partial charge in [0.25, 0.3) is 5.91 Å². The summed E-state index contributed by atoms with van der Waals surface area (Å²) < 4.78 is 5.60. The van der Waals surface area contributed by atoms with Crippen molar-refractivity contribution in [3.05, 3.63) is 69.7 Å². The number of piperidine rings is 1. The van der Waals surface area contributed by atoms with Crippen LogP contribution >= 0.6 is 23.2 Å². The Hall–Kier alpha value is -2.04. The first-order valence-corrected chi connectivity index (χ1v) is 9.31. The lowest BCUT2D eigenvalue weighted by molar-refractivity contribution is -0.142. The van der Waals surface area contributed by atoms with Crippen molar-refractivity contribution in [2.24, 2.45) is 0 Å². The molecule has 0 saturated carbocycles. The molecule has 0 radical (unpaired) electrons. The zero-order valence-electron chi connectivity index (χ0n) is 14.2. The Balaban J connectivity index is 1.87. The lowest BCUT2D eigenvalue weighted by atomic mass is 10.1. The van der Waals surface area contributed by atoms with E-state index in [1.165, 1.54) is 12.1 Å². The molecule has 2 aromatic rings. The molecule has 0 N–H and O–H groups in total. The highest BCUT2D eigenvalue weighted by Crippen LogP contribution is 2.27. The van der Waals surface area contributed by atoms with Gasteiger partial charge in [0.15, 0.2) is 0 Å². The molecule has 0 bridgehead atoms. The van der Waals surface area contributed by atoms with Crippen LogP contribution in [0.15, 0.2) is 48.5 Å². The average Bonchev–Trinajstić information content (AvgIpc) is 2.68. The molecule has 1 heterocycles. The highest BCUT2D eigenvalue weighted by molar-refractivity contribution is 6.35. The molecule has 0 aliphatic carbocycles. The van der Waals surface area contributed by atoms with Gasteiger partial charge in [0.1, 0.15) is 0 Å². The molecule has 26 heavy (non-hydrogen) atoms. The van der Waals surface area contributed by atoms with Crippen molar-refractivity contribution in [2.45, 2.75) is 25.4 Å². The summed E-state index contributed by atoms with van der Waals surface area (Å²) in [5.74, 6) is -0.876. The van der Waals surface area contributed by atoms with Crippen molar-refractivity contribution in [3.8, 4) is 0 Å². The molecule has 2 aromatic carbocycles. The number of amides is 1. The number of hydrogen-bond acceptors (Lipinski definition) is 3. The van der Waals surface area contributed by atoms with Crippen LogP contribution in [-0.4, -0.2) is 29.9 Å². The van der Waals surface area contributed by atoms with Crippen LogP contribution in [0.3, 0.4) is 0 Å². The summed E-state index contributed by atoms with van der Waals surface area (Å²) in [4.78, 5) is 27.4. The maximum Gasteiger partial charge on any atom is 0.340 e. The molecule has 1 fully saturated rings. The molecule has 0 aromatic heterocycles. The van der Waals surface area contributed by atoms with E-state index in [0.717, 1.165) is 19.3 Å². The number of nitrogens with zero attached hydrogens (tertiary/aromatic N) is 1. The van der Waals surface area contributed by atoms with Crippen LogP contribution in [-0.2, 0) is 9.53 Å². The third kappa shape index (κ3) is 4.37. The molecule has 136 valence electrons. The van der Waals surface area contributed by atoms with E-state index in [9.17, 15) is 9.59 Å². The number of esters is 1. The number of ether oxygens (including phenoxy) is 1. The van der Waals surface area contributed by atoms with Crippen molar-refractivity contribution in [1.29, 1.82) is 0 Å². The first-order chi connectivity index (χ1) is 12.6. The maximum atomic E-state index is 13.0. The molecule has 1 aliphatic heterocycles. The fraction of sp³-hybridized carbons (Fsp3) is 0.300. The van der Waals surface area contributed by atoms with Crippen LogP contribution in [0.25, 0.3) is 0 Å². The monoisotopic (exact) mass is 391 g/mol. The predicted molar refractivity (Wildman–Crippen MR) is 101 cm³/mol. The van der Waals surface area contributed by atoms with Gasteiger partial charge in [0, 0.05) is 23.7 Å². The van der Waals surface area contributed by atoms with Crippen LogP contribution < -0.4 is 0 Å². The minimum absolute atomic E-state index is 0.145. The normalized spacial score (nSPS) is 15.4. The van der Waals surface area contributed by atoms with Gasteiger partial charge < -0.3 is 9.64 Å². The first kappa shape index (κ1) is 18.7. The Morgan fingerprint density at radius 3 is 2.35 bits per heavy atom. The minimum atomic E-state index is -1.00. The van der Waals surface area contributed by atoms with E-state index in [1.807, 2.05) is 18.2 Å². The highest BCUT2D eigenvalue weighted by Gasteiger charge is 2.31. The zero-order valence-corrected chi connectivity index (χ0v) is 15.7. The summed E-state index contributed by atoms with van der Waals surface area (Å²) in [5, 5.41) is 0.608.